The molecule has 2 heterocycles. The average molecular weight is 414 g/mol. The Morgan fingerprint density at radius 2 is 2.03 bits per heavy atom. The molecule has 0 saturated carbocycles. The highest BCUT2D eigenvalue weighted by Gasteiger charge is 2.14. The van der Waals surface area contributed by atoms with Crippen molar-refractivity contribution >= 4 is 28.3 Å². The lowest BCUT2D eigenvalue weighted by molar-refractivity contribution is -0.120. The van der Waals surface area contributed by atoms with Gasteiger partial charge in [-0.05, 0) is 25.1 Å². The smallest absolute Gasteiger partial charge is 0.260 e. The predicted molar refractivity (Wildman–Crippen MR) is 107 cm³/mol. The molecule has 2 amide bonds. The molecule has 9 heteroatoms. The molecule has 0 unspecified atom stereocenters. The number of thiazole rings is 1. The Labute approximate surface area is 171 Å². The number of nitrogens with one attached hydrogen (secondary N) is 2. The summed E-state index contributed by atoms with van der Waals surface area (Å²) < 4.78 is 19.1. The zero-order valence-corrected chi connectivity index (χ0v) is 16.5. The Balaban J connectivity index is 1.54. The molecular formula is C20H19FN4O3S. The van der Waals surface area contributed by atoms with E-state index < -0.39 is 11.7 Å². The van der Waals surface area contributed by atoms with Gasteiger partial charge >= 0.3 is 0 Å². The average Bonchev–Trinajstić information content (AvgIpc) is 3.14. The number of aromatic nitrogens is 2. The van der Waals surface area contributed by atoms with Gasteiger partial charge in [-0.15, -0.1) is 11.3 Å². The van der Waals surface area contributed by atoms with Crippen molar-refractivity contribution < 1.29 is 18.7 Å². The van der Waals surface area contributed by atoms with E-state index in [1.165, 1.54) is 29.5 Å². The second-order valence-corrected chi connectivity index (χ2v) is 6.79. The van der Waals surface area contributed by atoms with E-state index in [1.54, 1.807) is 23.7 Å². The minimum atomic E-state index is -0.608. The quantitative estimate of drug-likeness (QED) is 0.591. The van der Waals surface area contributed by atoms with Gasteiger partial charge in [0.25, 0.3) is 5.91 Å². The van der Waals surface area contributed by atoms with Gasteiger partial charge < -0.3 is 10.1 Å². The van der Waals surface area contributed by atoms with Crippen LogP contribution in [0.1, 0.15) is 28.5 Å². The summed E-state index contributed by atoms with van der Waals surface area (Å²) in [5, 5.41) is 7.31. The minimum Gasteiger partial charge on any atom is -0.478 e. The number of ether oxygens (including phenoxy) is 1. The van der Waals surface area contributed by atoms with Crippen molar-refractivity contribution in [3.05, 3.63) is 70.6 Å². The number of nitrogens with zero attached hydrogens (tertiary/aromatic N) is 2. The van der Waals surface area contributed by atoms with Crippen molar-refractivity contribution in [1.29, 1.82) is 0 Å². The van der Waals surface area contributed by atoms with E-state index in [9.17, 15) is 14.0 Å². The Bertz CT molecular complexity index is 1010. The first-order chi connectivity index (χ1) is 14.1. The van der Waals surface area contributed by atoms with Crippen LogP contribution in [0.4, 0.5) is 9.52 Å². The molecule has 0 aliphatic rings. The molecule has 29 heavy (non-hydrogen) atoms. The Hall–Kier alpha value is -3.33. The van der Waals surface area contributed by atoms with E-state index in [2.05, 4.69) is 20.6 Å². The van der Waals surface area contributed by atoms with Crippen molar-refractivity contribution in [1.82, 2.24) is 15.3 Å². The maximum absolute atomic E-state index is 13.7. The maximum atomic E-state index is 13.7. The van der Waals surface area contributed by atoms with E-state index in [0.29, 0.717) is 23.3 Å². The molecule has 0 spiro atoms. The van der Waals surface area contributed by atoms with E-state index in [4.69, 9.17) is 4.74 Å². The predicted octanol–water partition coefficient (Wildman–Crippen LogP) is 3.19. The van der Waals surface area contributed by atoms with E-state index >= 15 is 0 Å². The molecule has 0 radical (unpaired) electrons. The van der Waals surface area contributed by atoms with Crippen molar-refractivity contribution in [3.8, 4) is 5.88 Å². The number of benzene rings is 1. The number of hydrogen-bond acceptors (Lipinski definition) is 6. The van der Waals surface area contributed by atoms with E-state index in [-0.39, 0.29) is 24.4 Å². The lowest BCUT2D eigenvalue weighted by Gasteiger charge is -2.09. The minimum absolute atomic E-state index is 0.0519. The van der Waals surface area contributed by atoms with Gasteiger partial charge in [0.2, 0.25) is 11.8 Å². The summed E-state index contributed by atoms with van der Waals surface area (Å²) in [5.74, 6) is -0.938. The molecule has 0 saturated heterocycles. The number of anilines is 1. The molecule has 0 fully saturated rings. The van der Waals surface area contributed by atoms with Crippen LogP contribution in [0.25, 0.3) is 0 Å². The third-order valence-corrected chi connectivity index (χ3v) is 4.65. The van der Waals surface area contributed by atoms with Gasteiger partial charge in [-0.1, -0.05) is 18.2 Å². The number of amides is 2. The first kappa shape index (κ1) is 20.4. The number of halogens is 1. The van der Waals surface area contributed by atoms with Gasteiger partial charge in [0, 0.05) is 23.7 Å². The topological polar surface area (TPSA) is 93.2 Å². The molecule has 0 bridgehead atoms. The lowest BCUT2D eigenvalue weighted by atomic mass is 10.2. The van der Waals surface area contributed by atoms with E-state index in [1.807, 2.05) is 13.0 Å². The summed E-state index contributed by atoms with van der Waals surface area (Å²) in [6.45, 7) is 2.63. The number of carbonyl (C=O) groups is 2. The lowest BCUT2D eigenvalue weighted by Crippen LogP contribution is -2.25. The highest BCUT2D eigenvalue weighted by atomic mass is 32.1. The monoisotopic (exact) mass is 414 g/mol. The zero-order chi connectivity index (χ0) is 20.6. The third kappa shape index (κ3) is 5.58. The number of rotatable bonds is 8. The molecule has 150 valence electrons. The first-order valence-corrected chi connectivity index (χ1v) is 9.78. The zero-order valence-electron chi connectivity index (χ0n) is 15.6. The molecule has 7 nitrogen and oxygen atoms in total. The fourth-order valence-electron chi connectivity index (χ4n) is 2.50. The highest BCUT2D eigenvalue weighted by Crippen LogP contribution is 2.18. The molecule has 0 atom stereocenters. The number of carbonyl (C=O) groups excluding carboxylic acids is 2. The standard InChI is InChI=1S/C20H19FN4O3S/c1-2-28-19-13(6-5-9-22-19)11-23-17(26)10-14-12-29-20(24-14)25-18(27)15-7-3-4-8-16(15)21/h3-9,12H,2,10-11H2,1H3,(H,23,26)(H,24,25,27). The molecular weight excluding hydrogens is 395 g/mol. The largest absolute Gasteiger partial charge is 0.478 e. The summed E-state index contributed by atoms with van der Waals surface area (Å²) in [6.07, 6.45) is 1.68. The van der Waals surface area contributed by atoms with Gasteiger partial charge in [0.15, 0.2) is 5.13 Å². The molecule has 3 aromatic rings. The maximum Gasteiger partial charge on any atom is 0.260 e. The Kier molecular flexibility index (Phi) is 6.85. The normalized spacial score (nSPS) is 10.4. The van der Waals surface area contributed by atoms with Crippen LogP contribution in [-0.2, 0) is 17.8 Å². The molecule has 2 aromatic heterocycles. The van der Waals surface area contributed by atoms with Crippen LogP contribution in [0.2, 0.25) is 0 Å². The molecule has 0 aliphatic heterocycles. The van der Waals surface area contributed by atoms with Crippen LogP contribution in [0.15, 0.2) is 48.0 Å². The SMILES string of the molecule is CCOc1ncccc1CNC(=O)Cc1csc(NC(=O)c2ccccc2F)n1. The van der Waals surface area contributed by atoms with Crippen molar-refractivity contribution in [2.24, 2.45) is 0 Å². The summed E-state index contributed by atoms with van der Waals surface area (Å²) in [6, 6.07) is 9.30. The van der Waals surface area contributed by atoms with Crippen LogP contribution in [-0.4, -0.2) is 28.4 Å². The van der Waals surface area contributed by atoms with Crippen LogP contribution in [0.3, 0.4) is 0 Å². The van der Waals surface area contributed by atoms with Gasteiger partial charge in [-0.25, -0.2) is 14.4 Å². The van der Waals surface area contributed by atoms with Gasteiger partial charge in [0.1, 0.15) is 5.82 Å². The molecule has 3 rings (SSSR count). The van der Waals surface area contributed by atoms with Crippen LogP contribution < -0.4 is 15.4 Å². The van der Waals surface area contributed by atoms with Crippen LogP contribution in [0.5, 0.6) is 5.88 Å². The van der Waals surface area contributed by atoms with Crippen LogP contribution in [0, 0.1) is 5.82 Å². The molecule has 0 aliphatic carbocycles. The summed E-state index contributed by atoms with van der Waals surface area (Å²) in [5.41, 5.74) is 1.22. The van der Waals surface area contributed by atoms with Crippen molar-refractivity contribution in [2.45, 2.75) is 19.9 Å². The van der Waals surface area contributed by atoms with Crippen molar-refractivity contribution in [3.63, 3.8) is 0 Å². The Morgan fingerprint density at radius 3 is 2.83 bits per heavy atom. The number of hydrogen-bond donors (Lipinski definition) is 2. The molecule has 1 aromatic carbocycles. The van der Waals surface area contributed by atoms with E-state index in [0.717, 1.165) is 5.56 Å². The van der Waals surface area contributed by atoms with Crippen LogP contribution >= 0.6 is 11.3 Å². The fraction of sp³-hybridized carbons (Fsp3) is 0.200. The first-order valence-electron chi connectivity index (χ1n) is 8.90. The second kappa shape index (κ2) is 9.74. The van der Waals surface area contributed by atoms with Crippen molar-refractivity contribution in [2.75, 3.05) is 11.9 Å². The third-order valence-electron chi connectivity index (χ3n) is 3.84. The summed E-state index contributed by atoms with van der Waals surface area (Å²) in [4.78, 5) is 32.7. The number of pyridine rings is 1. The summed E-state index contributed by atoms with van der Waals surface area (Å²) >= 11 is 1.17. The Morgan fingerprint density at radius 1 is 1.21 bits per heavy atom. The van der Waals surface area contributed by atoms with Gasteiger partial charge in [-0.2, -0.15) is 0 Å². The summed E-state index contributed by atoms with van der Waals surface area (Å²) in [7, 11) is 0. The second-order valence-electron chi connectivity index (χ2n) is 5.93. The molecule has 2 N–H and O–H groups in total. The van der Waals surface area contributed by atoms with Gasteiger partial charge in [-0.3, -0.25) is 14.9 Å². The highest BCUT2D eigenvalue weighted by molar-refractivity contribution is 7.14. The van der Waals surface area contributed by atoms with Gasteiger partial charge in [0.05, 0.1) is 24.3 Å². The fourth-order valence-corrected chi connectivity index (χ4v) is 3.21.